The Labute approximate surface area is 125 Å². The van der Waals surface area contributed by atoms with Crippen LogP contribution in [0.5, 0.6) is 0 Å². The Morgan fingerprint density at radius 1 is 1.52 bits per heavy atom. The summed E-state index contributed by atoms with van der Waals surface area (Å²) < 4.78 is 7.82. The fraction of sp³-hybridized carbons (Fsp3) is 0.733. The van der Waals surface area contributed by atoms with Gasteiger partial charge in [-0.1, -0.05) is 0 Å². The third kappa shape index (κ3) is 3.27. The molecule has 0 N–H and O–H groups in total. The summed E-state index contributed by atoms with van der Waals surface area (Å²) in [6, 6.07) is 0. The maximum Gasteiger partial charge on any atom is 0.252 e. The number of aromatic nitrogens is 2. The van der Waals surface area contributed by atoms with Crippen LogP contribution >= 0.6 is 0 Å². The Kier molecular flexibility index (Phi) is 4.26. The summed E-state index contributed by atoms with van der Waals surface area (Å²) in [5.41, 5.74) is 0. The third-order valence-electron chi connectivity index (χ3n) is 4.49. The summed E-state index contributed by atoms with van der Waals surface area (Å²) in [6.07, 6.45) is 5.68. The molecule has 0 radical (unpaired) electrons. The van der Waals surface area contributed by atoms with Crippen LogP contribution in [0.1, 0.15) is 12.2 Å². The molecule has 2 atom stereocenters. The van der Waals surface area contributed by atoms with Crippen LogP contribution in [0, 0.1) is 5.92 Å². The number of rotatable bonds is 3. The van der Waals surface area contributed by atoms with Crippen molar-refractivity contribution in [1.82, 2.24) is 19.4 Å². The highest BCUT2D eigenvalue weighted by Gasteiger charge is 2.29. The van der Waals surface area contributed by atoms with E-state index in [2.05, 4.69) is 14.5 Å². The Balaban J connectivity index is 1.54. The van der Waals surface area contributed by atoms with Gasteiger partial charge in [0.2, 0.25) is 0 Å². The predicted molar refractivity (Wildman–Crippen MR) is 78.9 cm³/mol. The first kappa shape index (κ1) is 14.5. The minimum atomic E-state index is -0.304. The van der Waals surface area contributed by atoms with E-state index < -0.39 is 0 Å². The third-order valence-corrected chi connectivity index (χ3v) is 4.49. The van der Waals surface area contributed by atoms with Gasteiger partial charge in [0.15, 0.2) is 0 Å². The van der Waals surface area contributed by atoms with Gasteiger partial charge in [0.25, 0.3) is 5.91 Å². The molecule has 2 unspecified atom stereocenters. The number of carbonyl (C=O) groups excluding carboxylic acids is 1. The fourth-order valence-corrected chi connectivity index (χ4v) is 3.24. The van der Waals surface area contributed by atoms with Gasteiger partial charge in [0, 0.05) is 52.0 Å². The van der Waals surface area contributed by atoms with Crippen molar-refractivity contribution in [3.63, 3.8) is 0 Å². The molecule has 0 aliphatic carbocycles. The van der Waals surface area contributed by atoms with Gasteiger partial charge in [-0.3, -0.25) is 4.79 Å². The first-order valence-electron chi connectivity index (χ1n) is 7.68. The van der Waals surface area contributed by atoms with E-state index >= 15 is 0 Å². The van der Waals surface area contributed by atoms with E-state index in [4.69, 9.17) is 4.74 Å². The smallest absolute Gasteiger partial charge is 0.252 e. The quantitative estimate of drug-likeness (QED) is 0.800. The number of fused-ring (bicyclic) bond motifs is 1. The largest absolute Gasteiger partial charge is 0.366 e. The molecule has 2 aliphatic rings. The molecule has 0 spiro atoms. The van der Waals surface area contributed by atoms with Gasteiger partial charge in [-0.25, -0.2) is 4.98 Å². The van der Waals surface area contributed by atoms with Crippen molar-refractivity contribution in [3.05, 3.63) is 18.2 Å². The predicted octanol–water partition coefficient (Wildman–Crippen LogP) is 0.235. The SMILES string of the molecule is CN1CCOC(C(=O)N(C)CC2CCc3nccn3C2)C1. The van der Waals surface area contributed by atoms with Crippen LogP contribution in [0.25, 0.3) is 0 Å². The van der Waals surface area contributed by atoms with Gasteiger partial charge < -0.3 is 19.1 Å². The number of hydrogen-bond donors (Lipinski definition) is 0. The second-order valence-electron chi connectivity index (χ2n) is 6.24. The number of nitrogens with zero attached hydrogens (tertiary/aromatic N) is 4. The van der Waals surface area contributed by atoms with Crippen molar-refractivity contribution in [2.75, 3.05) is 40.3 Å². The van der Waals surface area contributed by atoms with Crippen molar-refractivity contribution < 1.29 is 9.53 Å². The standard InChI is InChI=1S/C15H24N4O2/c1-17-7-8-21-13(11-17)15(20)18(2)9-12-3-4-14-16-5-6-19(14)10-12/h5-6,12-13H,3-4,7-11H2,1-2H3. The lowest BCUT2D eigenvalue weighted by molar-refractivity contribution is -0.148. The number of carbonyl (C=O) groups is 1. The molecule has 3 heterocycles. The van der Waals surface area contributed by atoms with Gasteiger partial charge in [-0.05, 0) is 19.4 Å². The average molecular weight is 292 g/mol. The molecule has 1 fully saturated rings. The molecule has 0 aromatic carbocycles. The maximum absolute atomic E-state index is 12.5. The van der Waals surface area contributed by atoms with E-state index in [1.54, 1.807) is 0 Å². The van der Waals surface area contributed by atoms with Crippen LogP contribution in [0.4, 0.5) is 0 Å². The van der Waals surface area contributed by atoms with Crippen molar-refractivity contribution >= 4 is 5.91 Å². The number of hydrogen-bond acceptors (Lipinski definition) is 4. The van der Waals surface area contributed by atoms with Crippen molar-refractivity contribution in [2.24, 2.45) is 5.92 Å². The van der Waals surface area contributed by atoms with Crippen LogP contribution < -0.4 is 0 Å². The molecule has 3 rings (SSSR count). The van der Waals surface area contributed by atoms with E-state index in [1.807, 2.05) is 31.4 Å². The monoisotopic (exact) mass is 292 g/mol. The minimum absolute atomic E-state index is 0.109. The highest BCUT2D eigenvalue weighted by atomic mass is 16.5. The van der Waals surface area contributed by atoms with Gasteiger partial charge in [-0.2, -0.15) is 0 Å². The van der Waals surface area contributed by atoms with E-state index in [0.717, 1.165) is 38.3 Å². The number of imidazole rings is 1. The van der Waals surface area contributed by atoms with Crippen molar-refractivity contribution in [1.29, 1.82) is 0 Å². The number of likely N-dealkylation sites (N-methyl/N-ethyl adjacent to an activating group) is 2. The summed E-state index contributed by atoms with van der Waals surface area (Å²) in [7, 11) is 3.92. The summed E-state index contributed by atoms with van der Waals surface area (Å²) in [5, 5.41) is 0. The van der Waals surface area contributed by atoms with Gasteiger partial charge in [0.05, 0.1) is 6.61 Å². The Morgan fingerprint density at radius 2 is 2.38 bits per heavy atom. The molecule has 1 aromatic rings. The zero-order valence-electron chi connectivity index (χ0n) is 12.9. The lowest BCUT2D eigenvalue weighted by Gasteiger charge is -2.33. The van der Waals surface area contributed by atoms with Crippen LogP contribution in [0.2, 0.25) is 0 Å². The molecule has 1 aromatic heterocycles. The Hall–Kier alpha value is -1.40. The molecule has 1 amide bonds. The van der Waals surface area contributed by atoms with E-state index in [9.17, 15) is 4.79 Å². The van der Waals surface area contributed by atoms with Crippen molar-refractivity contribution in [2.45, 2.75) is 25.5 Å². The van der Waals surface area contributed by atoms with Crippen LogP contribution in [-0.2, 0) is 22.5 Å². The van der Waals surface area contributed by atoms with E-state index in [-0.39, 0.29) is 12.0 Å². The first-order chi connectivity index (χ1) is 10.1. The van der Waals surface area contributed by atoms with Crippen LogP contribution in [-0.4, -0.2) is 71.7 Å². The van der Waals surface area contributed by atoms with Gasteiger partial charge in [-0.15, -0.1) is 0 Å². The molecule has 6 heteroatoms. The number of aryl methyl sites for hydroxylation is 1. The normalized spacial score (nSPS) is 26.4. The van der Waals surface area contributed by atoms with E-state index in [0.29, 0.717) is 19.1 Å². The number of amides is 1. The summed E-state index contributed by atoms with van der Waals surface area (Å²) in [6.45, 7) is 3.99. The van der Waals surface area contributed by atoms with Crippen LogP contribution in [0.15, 0.2) is 12.4 Å². The Morgan fingerprint density at radius 3 is 3.19 bits per heavy atom. The molecule has 116 valence electrons. The molecular weight excluding hydrogens is 268 g/mol. The second kappa shape index (κ2) is 6.15. The molecule has 6 nitrogen and oxygen atoms in total. The van der Waals surface area contributed by atoms with E-state index in [1.165, 1.54) is 0 Å². The molecule has 0 bridgehead atoms. The fourth-order valence-electron chi connectivity index (χ4n) is 3.24. The van der Waals surface area contributed by atoms with Crippen LogP contribution in [0.3, 0.4) is 0 Å². The first-order valence-corrected chi connectivity index (χ1v) is 7.68. The maximum atomic E-state index is 12.5. The average Bonchev–Trinajstić information content (AvgIpc) is 2.94. The second-order valence-corrected chi connectivity index (χ2v) is 6.24. The summed E-state index contributed by atoms with van der Waals surface area (Å²) in [4.78, 5) is 20.8. The number of ether oxygens (including phenoxy) is 1. The summed E-state index contributed by atoms with van der Waals surface area (Å²) in [5.74, 6) is 1.78. The lowest BCUT2D eigenvalue weighted by Crippen LogP contribution is -2.50. The highest BCUT2D eigenvalue weighted by Crippen LogP contribution is 2.20. The highest BCUT2D eigenvalue weighted by molar-refractivity contribution is 5.81. The van der Waals surface area contributed by atoms with Gasteiger partial charge >= 0.3 is 0 Å². The topological polar surface area (TPSA) is 50.6 Å². The molecule has 21 heavy (non-hydrogen) atoms. The molecule has 2 aliphatic heterocycles. The minimum Gasteiger partial charge on any atom is -0.366 e. The molecule has 1 saturated heterocycles. The molecule has 0 saturated carbocycles. The zero-order valence-corrected chi connectivity index (χ0v) is 12.9. The molecular formula is C15H24N4O2. The lowest BCUT2D eigenvalue weighted by atomic mass is 9.98. The summed E-state index contributed by atoms with van der Waals surface area (Å²) >= 11 is 0. The van der Waals surface area contributed by atoms with Gasteiger partial charge in [0.1, 0.15) is 11.9 Å². The van der Waals surface area contributed by atoms with Crippen molar-refractivity contribution in [3.8, 4) is 0 Å². The number of morpholine rings is 1. The Bertz CT molecular complexity index is 502. The zero-order chi connectivity index (χ0) is 14.8.